The van der Waals surface area contributed by atoms with Crippen molar-refractivity contribution in [3.8, 4) is 0 Å². The average molecular weight is 241 g/mol. The van der Waals surface area contributed by atoms with Gasteiger partial charge in [-0.2, -0.15) is 0 Å². The van der Waals surface area contributed by atoms with Gasteiger partial charge in [0.05, 0.1) is 10.3 Å². The van der Waals surface area contributed by atoms with Crippen LogP contribution in [0.3, 0.4) is 0 Å². The van der Waals surface area contributed by atoms with Gasteiger partial charge in [-0.25, -0.2) is 19.2 Å². The third kappa shape index (κ3) is 1.81. The first kappa shape index (κ1) is 10.7. The fourth-order valence-corrected chi connectivity index (χ4v) is 2.25. The lowest BCUT2D eigenvalue weighted by molar-refractivity contribution is 0.0699. The summed E-state index contributed by atoms with van der Waals surface area (Å²) >= 11 is 1.23. The fraction of sp³-hybridized carbons (Fsp3) is 0.222. The van der Waals surface area contributed by atoms with Gasteiger partial charge < -0.3 is 10.4 Å². The molecule has 0 saturated heterocycles. The first-order valence-electron chi connectivity index (χ1n) is 4.49. The largest absolute Gasteiger partial charge is 0.478 e. The molecule has 0 fully saturated rings. The smallest absolute Gasteiger partial charge is 0.338 e. The highest BCUT2D eigenvalue weighted by molar-refractivity contribution is 7.18. The Morgan fingerprint density at radius 3 is 3.06 bits per heavy atom. The zero-order valence-electron chi connectivity index (χ0n) is 8.11. The Bertz CT molecular complexity index is 528. The molecule has 2 heterocycles. The molecule has 7 heteroatoms. The third-order valence-electron chi connectivity index (χ3n) is 1.97. The van der Waals surface area contributed by atoms with Gasteiger partial charge in [-0.3, -0.25) is 0 Å². The van der Waals surface area contributed by atoms with Crippen LogP contribution in [0, 0.1) is 0 Å². The summed E-state index contributed by atoms with van der Waals surface area (Å²) in [5.74, 6) is -0.554. The van der Waals surface area contributed by atoms with Crippen molar-refractivity contribution in [1.82, 2.24) is 9.97 Å². The highest BCUT2D eigenvalue weighted by Gasteiger charge is 2.14. The van der Waals surface area contributed by atoms with Crippen molar-refractivity contribution in [3.63, 3.8) is 0 Å². The second kappa shape index (κ2) is 4.40. The van der Waals surface area contributed by atoms with Crippen LogP contribution in [0.4, 0.5) is 10.2 Å². The predicted molar refractivity (Wildman–Crippen MR) is 58.8 cm³/mol. The number of fused-ring (bicyclic) bond motifs is 1. The standard InChI is InChI=1S/C9H8FN3O2S/c10-1-2-11-8-7-6(12-4-13-8)5(3-16-7)9(14)15/h3-4H,1-2H2,(H,14,15)(H,11,12,13). The van der Waals surface area contributed by atoms with Crippen LogP contribution in [-0.4, -0.2) is 34.3 Å². The molecule has 0 aromatic carbocycles. The zero-order valence-corrected chi connectivity index (χ0v) is 8.92. The minimum Gasteiger partial charge on any atom is -0.478 e. The lowest BCUT2D eigenvalue weighted by Crippen LogP contribution is -2.05. The molecule has 0 atom stereocenters. The number of nitrogens with zero attached hydrogens (tertiary/aromatic N) is 2. The number of aromatic nitrogens is 2. The minimum atomic E-state index is -1.03. The topological polar surface area (TPSA) is 75.1 Å². The molecule has 0 saturated carbocycles. The van der Waals surface area contributed by atoms with Crippen molar-refractivity contribution in [2.24, 2.45) is 0 Å². The number of halogens is 1. The molecule has 0 radical (unpaired) electrons. The Kier molecular flexibility index (Phi) is 2.95. The number of alkyl halides is 1. The van der Waals surface area contributed by atoms with Crippen molar-refractivity contribution in [2.75, 3.05) is 18.5 Å². The SMILES string of the molecule is O=C(O)c1csc2c(NCCF)ncnc12. The van der Waals surface area contributed by atoms with E-state index in [1.165, 1.54) is 23.0 Å². The van der Waals surface area contributed by atoms with E-state index >= 15 is 0 Å². The van der Waals surface area contributed by atoms with Crippen LogP contribution in [0.15, 0.2) is 11.7 Å². The maximum absolute atomic E-state index is 12.0. The molecule has 0 bridgehead atoms. The summed E-state index contributed by atoms with van der Waals surface area (Å²) in [6, 6.07) is 0. The number of aromatic carboxylic acids is 1. The van der Waals surface area contributed by atoms with E-state index in [1.807, 2.05) is 0 Å². The highest BCUT2D eigenvalue weighted by Crippen LogP contribution is 2.28. The van der Waals surface area contributed by atoms with Gasteiger partial charge in [0.2, 0.25) is 0 Å². The Morgan fingerprint density at radius 1 is 1.56 bits per heavy atom. The number of hydrogen-bond donors (Lipinski definition) is 2. The molecule has 0 unspecified atom stereocenters. The molecule has 2 rings (SSSR count). The number of rotatable bonds is 4. The van der Waals surface area contributed by atoms with Crippen molar-refractivity contribution < 1.29 is 14.3 Å². The number of hydrogen-bond acceptors (Lipinski definition) is 5. The Hall–Kier alpha value is -1.76. The van der Waals surface area contributed by atoms with Gasteiger partial charge in [0.1, 0.15) is 24.3 Å². The molecule has 2 aromatic heterocycles. The summed E-state index contributed by atoms with van der Waals surface area (Å²) in [6.07, 6.45) is 1.27. The van der Waals surface area contributed by atoms with E-state index in [0.717, 1.165) is 0 Å². The van der Waals surface area contributed by atoms with Crippen LogP contribution < -0.4 is 5.32 Å². The minimum absolute atomic E-state index is 0.144. The molecule has 84 valence electrons. The van der Waals surface area contributed by atoms with E-state index in [4.69, 9.17) is 5.11 Å². The number of thiophene rings is 1. The van der Waals surface area contributed by atoms with Gasteiger partial charge >= 0.3 is 5.97 Å². The molecule has 0 aliphatic carbocycles. The van der Waals surface area contributed by atoms with Crippen LogP contribution in [0.2, 0.25) is 0 Å². The lowest BCUT2D eigenvalue weighted by Gasteiger charge is -2.02. The van der Waals surface area contributed by atoms with E-state index in [0.29, 0.717) is 16.0 Å². The van der Waals surface area contributed by atoms with Gasteiger partial charge in [-0.15, -0.1) is 11.3 Å². The Labute approximate surface area is 94.0 Å². The molecule has 0 aliphatic rings. The van der Waals surface area contributed by atoms with Crippen LogP contribution in [-0.2, 0) is 0 Å². The third-order valence-corrected chi connectivity index (χ3v) is 2.95. The number of carboxylic acid groups (broad SMARTS) is 1. The summed E-state index contributed by atoms with van der Waals surface area (Å²) in [7, 11) is 0. The molecule has 2 N–H and O–H groups in total. The maximum atomic E-state index is 12.0. The monoisotopic (exact) mass is 241 g/mol. The normalized spacial score (nSPS) is 10.6. The fourth-order valence-electron chi connectivity index (χ4n) is 1.29. The van der Waals surface area contributed by atoms with Crippen LogP contribution >= 0.6 is 11.3 Å². The van der Waals surface area contributed by atoms with Crippen molar-refractivity contribution in [2.45, 2.75) is 0 Å². The molecular formula is C9H8FN3O2S. The molecular weight excluding hydrogens is 233 g/mol. The quantitative estimate of drug-likeness (QED) is 0.853. The Morgan fingerprint density at radius 2 is 2.38 bits per heavy atom. The van der Waals surface area contributed by atoms with Crippen LogP contribution in [0.1, 0.15) is 10.4 Å². The average Bonchev–Trinajstić information content (AvgIpc) is 2.70. The number of anilines is 1. The molecule has 0 aliphatic heterocycles. The van der Waals surface area contributed by atoms with E-state index in [-0.39, 0.29) is 12.1 Å². The molecule has 16 heavy (non-hydrogen) atoms. The van der Waals surface area contributed by atoms with E-state index in [1.54, 1.807) is 0 Å². The van der Waals surface area contributed by atoms with Crippen molar-refractivity contribution >= 4 is 33.3 Å². The summed E-state index contributed by atoms with van der Waals surface area (Å²) in [6.45, 7) is -0.366. The van der Waals surface area contributed by atoms with Crippen molar-refractivity contribution in [3.05, 3.63) is 17.3 Å². The molecule has 2 aromatic rings. The first-order valence-corrected chi connectivity index (χ1v) is 5.37. The Balaban J connectivity index is 2.49. The lowest BCUT2D eigenvalue weighted by atomic mass is 10.3. The first-order chi connectivity index (χ1) is 7.74. The van der Waals surface area contributed by atoms with Crippen molar-refractivity contribution in [1.29, 1.82) is 0 Å². The molecule has 0 amide bonds. The number of carbonyl (C=O) groups is 1. The maximum Gasteiger partial charge on any atom is 0.338 e. The van der Waals surface area contributed by atoms with E-state index < -0.39 is 12.6 Å². The summed E-state index contributed by atoms with van der Waals surface area (Å²) in [5.41, 5.74) is 0.527. The summed E-state index contributed by atoms with van der Waals surface area (Å²) in [5, 5.41) is 13.2. The van der Waals surface area contributed by atoms with Gasteiger partial charge in [0, 0.05) is 11.9 Å². The number of nitrogens with one attached hydrogen (secondary N) is 1. The van der Waals surface area contributed by atoms with Gasteiger partial charge in [0.15, 0.2) is 0 Å². The second-order valence-corrected chi connectivity index (χ2v) is 3.85. The summed E-state index contributed by atoms with van der Waals surface area (Å²) < 4.78 is 12.6. The molecule has 5 nitrogen and oxygen atoms in total. The zero-order chi connectivity index (χ0) is 11.5. The van der Waals surface area contributed by atoms with Gasteiger partial charge in [-0.05, 0) is 0 Å². The second-order valence-electron chi connectivity index (χ2n) is 2.97. The predicted octanol–water partition coefficient (Wildman–Crippen LogP) is 1.77. The van der Waals surface area contributed by atoms with E-state index in [9.17, 15) is 9.18 Å². The van der Waals surface area contributed by atoms with Gasteiger partial charge in [-0.1, -0.05) is 0 Å². The van der Waals surface area contributed by atoms with Crippen LogP contribution in [0.5, 0.6) is 0 Å². The highest BCUT2D eigenvalue weighted by atomic mass is 32.1. The van der Waals surface area contributed by atoms with E-state index in [2.05, 4.69) is 15.3 Å². The summed E-state index contributed by atoms with van der Waals surface area (Å²) in [4.78, 5) is 18.7. The van der Waals surface area contributed by atoms with Crippen LogP contribution in [0.25, 0.3) is 10.2 Å². The number of carboxylic acids is 1. The molecule has 0 spiro atoms. The van der Waals surface area contributed by atoms with Gasteiger partial charge in [0.25, 0.3) is 0 Å².